The minimum absolute atomic E-state index is 0.0229. The number of rotatable bonds is 6. The van der Waals surface area contributed by atoms with Gasteiger partial charge in [-0.15, -0.1) is 0 Å². The van der Waals surface area contributed by atoms with Crippen molar-refractivity contribution in [1.29, 1.82) is 0 Å². The summed E-state index contributed by atoms with van der Waals surface area (Å²) in [5, 5.41) is 0. The Morgan fingerprint density at radius 1 is 0.861 bits per heavy atom. The van der Waals surface area contributed by atoms with Crippen molar-refractivity contribution in [3.63, 3.8) is 0 Å². The first-order chi connectivity index (χ1) is 17.5. The van der Waals surface area contributed by atoms with E-state index in [4.69, 9.17) is 4.74 Å². The molecule has 36 heavy (non-hydrogen) atoms. The van der Waals surface area contributed by atoms with Crippen LogP contribution in [0.4, 0.5) is 11.9 Å². The summed E-state index contributed by atoms with van der Waals surface area (Å²) < 4.78 is 5.87. The van der Waals surface area contributed by atoms with Crippen LogP contribution in [0.1, 0.15) is 41.4 Å². The molecule has 0 N–H and O–H groups in total. The number of imide groups is 1. The predicted molar refractivity (Wildman–Crippen MR) is 126 cm³/mol. The zero-order chi connectivity index (χ0) is 25.2. The SMILES string of the molecule is CN(C(=O)c1cc(Oc2ccc3c(c2)C(=O)N(c2ncccn2)C3=O)ccc1C=O)c1ncccn1. The van der Waals surface area contributed by atoms with Crippen LogP contribution in [0.2, 0.25) is 0 Å². The van der Waals surface area contributed by atoms with Gasteiger partial charge < -0.3 is 4.74 Å². The van der Waals surface area contributed by atoms with Gasteiger partial charge in [-0.1, -0.05) is 0 Å². The number of amides is 3. The maximum Gasteiger partial charge on any atom is 0.268 e. The summed E-state index contributed by atoms with van der Waals surface area (Å²) in [5.41, 5.74) is 0.559. The molecule has 4 aromatic rings. The molecule has 0 unspecified atom stereocenters. The topological polar surface area (TPSA) is 136 Å². The van der Waals surface area contributed by atoms with Crippen molar-refractivity contribution in [1.82, 2.24) is 19.9 Å². The van der Waals surface area contributed by atoms with E-state index in [1.54, 1.807) is 12.1 Å². The van der Waals surface area contributed by atoms with E-state index >= 15 is 0 Å². The van der Waals surface area contributed by atoms with E-state index in [0.717, 1.165) is 4.90 Å². The van der Waals surface area contributed by atoms with E-state index in [1.165, 1.54) is 73.1 Å². The van der Waals surface area contributed by atoms with Crippen molar-refractivity contribution >= 4 is 35.9 Å². The van der Waals surface area contributed by atoms with Gasteiger partial charge in [-0.3, -0.25) is 24.1 Å². The number of benzene rings is 2. The van der Waals surface area contributed by atoms with Crippen molar-refractivity contribution < 1.29 is 23.9 Å². The average molecular weight is 480 g/mol. The maximum atomic E-state index is 13.1. The first kappa shape index (κ1) is 22.5. The molecular weight excluding hydrogens is 464 g/mol. The van der Waals surface area contributed by atoms with Gasteiger partial charge >= 0.3 is 0 Å². The van der Waals surface area contributed by atoms with E-state index in [1.807, 2.05) is 0 Å². The number of hydrogen-bond donors (Lipinski definition) is 0. The number of fused-ring (bicyclic) bond motifs is 1. The number of nitrogens with zero attached hydrogens (tertiary/aromatic N) is 6. The number of carbonyl (C=O) groups excluding carboxylic acids is 4. The van der Waals surface area contributed by atoms with Gasteiger partial charge in [0.05, 0.1) is 16.7 Å². The van der Waals surface area contributed by atoms with E-state index in [0.29, 0.717) is 6.29 Å². The maximum absolute atomic E-state index is 13.1. The first-order valence-corrected chi connectivity index (χ1v) is 10.6. The second-order valence-electron chi connectivity index (χ2n) is 7.58. The lowest BCUT2D eigenvalue weighted by atomic mass is 10.1. The molecule has 1 aliphatic rings. The first-order valence-electron chi connectivity index (χ1n) is 10.6. The van der Waals surface area contributed by atoms with Crippen LogP contribution in [-0.4, -0.2) is 51.0 Å². The molecule has 0 atom stereocenters. The Morgan fingerprint density at radius 2 is 1.47 bits per heavy atom. The van der Waals surface area contributed by atoms with Crippen LogP contribution in [0.25, 0.3) is 0 Å². The number of aldehydes is 1. The number of carbonyl (C=O) groups is 4. The molecule has 0 aliphatic carbocycles. The van der Waals surface area contributed by atoms with Crippen LogP contribution in [-0.2, 0) is 0 Å². The molecule has 0 saturated carbocycles. The Morgan fingerprint density at radius 3 is 2.17 bits per heavy atom. The highest BCUT2D eigenvalue weighted by atomic mass is 16.5. The zero-order valence-corrected chi connectivity index (χ0v) is 18.7. The summed E-state index contributed by atoms with van der Waals surface area (Å²) in [6, 6.07) is 12.0. The van der Waals surface area contributed by atoms with Crippen LogP contribution >= 0.6 is 0 Å². The standard InChI is InChI=1S/C25H16N6O5/c1-30(24-26-8-2-9-27-24)21(33)19-12-16(5-4-15(19)14-32)36-17-6-7-18-20(13-17)23(35)31(22(18)34)25-28-10-3-11-29-25/h2-14H,1H3. The van der Waals surface area contributed by atoms with E-state index < -0.39 is 17.7 Å². The molecule has 2 aromatic heterocycles. The quantitative estimate of drug-likeness (QED) is 0.301. The highest BCUT2D eigenvalue weighted by Crippen LogP contribution is 2.31. The highest BCUT2D eigenvalue weighted by molar-refractivity contribution is 6.34. The largest absolute Gasteiger partial charge is 0.457 e. The van der Waals surface area contributed by atoms with Gasteiger partial charge in [0.15, 0.2) is 6.29 Å². The normalized spacial score (nSPS) is 12.3. The van der Waals surface area contributed by atoms with Crippen LogP contribution in [0.3, 0.4) is 0 Å². The van der Waals surface area contributed by atoms with Gasteiger partial charge in [0.25, 0.3) is 17.7 Å². The lowest BCUT2D eigenvalue weighted by molar-refractivity contribution is 0.0921. The summed E-state index contributed by atoms with van der Waals surface area (Å²) >= 11 is 0. The van der Waals surface area contributed by atoms with Crippen molar-refractivity contribution in [2.75, 3.05) is 16.8 Å². The Hall–Kier alpha value is -5.32. The molecule has 176 valence electrons. The molecule has 2 aromatic carbocycles. The third-order valence-electron chi connectivity index (χ3n) is 5.38. The molecule has 0 spiro atoms. The van der Waals surface area contributed by atoms with Gasteiger partial charge in [-0.2, -0.15) is 0 Å². The Kier molecular flexibility index (Phi) is 5.71. The minimum Gasteiger partial charge on any atom is -0.457 e. The molecule has 3 heterocycles. The number of anilines is 2. The van der Waals surface area contributed by atoms with Crippen molar-refractivity contribution in [3.05, 3.63) is 95.6 Å². The summed E-state index contributed by atoms with van der Waals surface area (Å²) in [5.74, 6) is -0.994. The summed E-state index contributed by atoms with van der Waals surface area (Å²) in [7, 11) is 1.49. The van der Waals surface area contributed by atoms with Crippen LogP contribution in [0.15, 0.2) is 73.3 Å². The van der Waals surface area contributed by atoms with Gasteiger partial charge in [-0.05, 0) is 48.5 Å². The molecule has 0 radical (unpaired) electrons. The molecule has 0 saturated heterocycles. The molecule has 0 fully saturated rings. The van der Waals surface area contributed by atoms with Gasteiger partial charge in [0.1, 0.15) is 11.5 Å². The smallest absolute Gasteiger partial charge is 0.268 e. The third-order valence-corrected chi connectivity index (χ3v) is 5.38. The van der Waals surface area contributed by atoms with Crippen molar-refractivity contribution in [3.8, 4) is 11.5 Å². The highest BCUT2D eigenvalue weighted by Gasteiger charge is 2.38. The van der Waals surface area contributed by atoms with E-state index in [2.05, 4.69) is 19.9 Å². The monoisotopic (exact) mass is 480 g/mol. The second kappa shape index (κ2) is 9.14. The van der Waals surface area contributed by atoms with Crippen molar-refractivity contribution in [2.24, 2.45) is 0 Å². The summed E-state index contributed by atoms with van der Waals surface area (Å²) in [6.45, 7) is 0. The molecule has 11 heteroatoms. The van der Waals surface area contributed by atoms with Crippen LogP contribution in [0, 0.1) is 0 Å². The lowest BCUT2D eigenvalue weighted by Crippen LogP contribution is -2.30. The Labute approximate surface area is 204 Å². The Balaban J connectivity index is 1.43. The summed E-state index contributed by atoms with van der Waals surface area (Å²) in [6.07, 6.45) is 6.43. The van der Waals surface area contributed by atoms with Crippen molar-refractivity contribution in [2.45, 2.75) is 0 Å². The molecule has 0 bridgehead atoms. The van der Waals surface area contributed by atoms with Gasteiger partial charge in [0, 0.05) is 37.4 Å². The molecule has 5 rings (SSSR count). The zero-order valence-electron chi connectivity index (χ0n) is 18.7. The number of ether oxygens (including phenoxy) is 1. The summed E-state index contributed by atoms with van der Waals surface area (Å²) in [4.78, 5) is 68.5. The minimum atomic E-state index is -0.580. The van der Waals surface area contributed by atoms with E-state index in [9.17, 15) is 19.2 Å². The fourth-order valence-electron chi connectivity index (χ4n) is 3.63. The third kappa shape index (κ3) is 3.94. The average Bonchev–Trinajstić information content (AvgIpc) is 3.17. The number of aromatic nitrogens is 4. The number of hydrogen-bond acceptors (Lipinski definition) is 9. The fraction of sp³-hybridized carbons (Fsp3) is 0.0400. The Bertz CT molecular complexity index is 1510. The predicted octanol–water partition coefficient (Wildman–Crippen LogP) is 2.95. The molecule has 11 nitrogen and oxygen atoms in total. The molecule has 3 amide bonds. The van der Waals surface area contributed by atoms with Gasteiger partial charge in [0.2, 0.25) is 11.9 Å². The van der Waals surface area contributed by atoms with E-state index in [-0.39, 0.29) is 45.6 Å². The fourth-order valence-corrected chi connectivity index (χ4v) is 3.63. The molecular formula is C25H16N6O5. The second-order valence-corrected chi connectivity index (χ2v) is 7.58. The van der Waals surface area contributed by atoms with Gasteiger partial charge in [-0.25, -0.2) is 24.8 Å². The van der Waals surface area contributed by atoms with Crippen LogP contribution < -0.4 is 14.5 Å². The van der Waals surface area contributed by atoms with Crippen LogP contribution in [0.5, 0.6) is 11.5 Å². The molecule has 1 aliphatic heterocycles. The lowest BCUT2D eigenvalue weighted by Gasteiger charge is -2.16.